The number of hydrogen-bond donors (Lipinski definition) is 1. The molecule has 0 aromatic heterocycles. The summed E-state index contributed by atoms with van der Waals surface area (Å²) in [5, 5.41) is 2.09. The summed E-state index contributed by atoms with van der Waals surface area (Å²) >= 11 is 1.71. The average Bonchev–Trinajstić information content (AvgIpc) is 2.59. The maximum atomic E-state index is 6.08. The van der Waals surface area contributed by atoms with E-state index in [0.29, 0.717) is 0 Å². The van der Waals surface area contributed by atoms with E-state index in [4.69, 9.17) is 5.73 Å². The van der Waals surface area contributed by atoms with Crippen molar-refractivity contribution in [3.63, 3.8) is 0 Å². The topological polar surface area (TPSA) is 38.4 Å². The van der Waals surface area contributed by atoms with Gasteiger partial charge in [-0.2, -0.15) is 0 Å². The highest BCUT2D eigenvalue weighted by molar-refractivity contribution is 8.04. The standard InChI is InChI=1S/C11H10N2S/c12-9-3-7-13-11-5-2-1-4-10(9,11)6-8-14-11/h1-8H,12H2. The second-order valence-electron chi connectivity index (χ2n) is 3.60. The lowest BCUT2D eigenvalue weighted by molar-refractivity contribution is 0.473. The molecule has 3 rings (SSSR count). The van der Waals surface area contributed by atoms with Gasteiger partial charge in [0.2, 0.25) is 0 Å². The average molecular weight is 202 g/mol. The number of aliphatic imine (C=N–C) groups is 1. The minimum Gasteiger partial charge on any atom is -0.401 e. The molecule has 0 fully saturated rings. The van der Waals surface area contributed by atoms with E-state index in [1.54, 1.807) is 18.0 Å². The van der Waals surface area contributed by atoms with Crippen LogP contribution in [0.2, 0.25) is 0 Å². The van der Waals surface area contributed by atoms with Crippen molar-refractivity contribution in [2.24, 2.45) is 16.1 Å². The lowest BCUT2D eigenvalue weighted by atomic mass is 9.73. The first-order valence-electron chi connectivity index (χ1n) is 4.53. The third-order valence-corrected chi connectivity index (χ3v) is 4.17. The molecule has 0 amide bonds. The predicted octanol–water partition coefficient (Wildman–Crippen LogP) is 1.98. The molecular weight excluding hydrogens is 192 g/mol. The molecule has 0 radical (unpaired) electrons. The third kappa shape index (κ3) is 0.722. The van der Waals surface area contributed by atoms with Crippen LogP contribution in [-0.4, -0.2) is 11.1 Å². The van der Waals surface area contributed by atoms with Gasteiger partial charge in [-0.15, -0.1) is 0 Å². The van der Waals surface area contributed by atoms with Gasteiger partial charge in [0, 0.05) is 11.9 Å². The molecule has 2 unspecified atom stereocenters. The number of dihydropyridines is 1. The fourth-order valence-corrected chi connectivity index (χ4v) is 3.37. The minimum atomic E-state index is -0.249. The van der Waals surface area contributed by atoms with Gasteiger partial charge >= 0.3 is 0 Å². The van der Waals surface area contributed by atoms with Crippen LogP contribution in [0, 0.1) is 5.41 Å². The van der Waals surface area contributed by atoms with Crippen LogP contribution < -0.4 is 5.73 Å². The van der Waals surface area contributed by atoms with Crippen LogP contribution in [0.4, 0.5) is 0 Å². The molecule has 2 atom stereocenters. The zero-order valence-corrected chi connectivity index (χ0v) is 8.37. The van der Waals surface area contributed by atoms with E-state index in [2.05, 4.69) is 28.6 Å². The van der Waals surface area contributed by atoms with E-state index in [1.807, 2.05) is 18.2 Å². The molecule has 0 aromatic rings. The highest BCUT2D eigenvalue weighted by Gasteiger charge is 2.53. The molecule has 2 N–H and O–H groups in total. The number of hydrogen-bond acceptors (Lipinski definition) is 3. The van der Waals surface area contributed by atoms with Gasteiger partial charge in [-0.25, -0.2) is 0 Å². The Bertz CT molecular complexity index is 431. The molecule has 0 bridgehead atoms. The molecule has 0 saturated heterocycles. The Kier molecular flexibility index (Phi) is 1.40. The second kappa shape index (κ2) is 2.42. The first-order valence-corrected chi connectivity index (χ1v) is 5.41. The summed E-state index contributed by atoms with van der Waals surface area (Å²) in [6.45, 7) is 0. The van der Waals surface area contributed by atoms with Crippen LogP contribution in [-0.2, 0) is 0 Å². The Morgan fingerprint density at radius 2 is 2.07 bits per heavy atom. The van der Waals surface area contributed by atoms with Crippen molar-refractivity contribution in [3.8, 4) is 0 Å². The van der Waals surface area contributed by atoms with Crippen LogP contribution in [0.15, 0.2) is 52.6 Å². The van der Waals surface area contributed by atoms with Gasteiger partial charge in [-0.05, 0) is 17.6 Å². The first-order chi connectivity index (χ1) is 6.79. The summed E-state index contributed by atoms with van der Waals surface area (Å²) in [5.41, 5.74) is 6.73. The van der Waals surface area contributed by atoms with E-state index in [1.165, 1.54) is 0 Å². The highest BCUT2D eigenvalue weighted by atomic mass is 32.2. The zero-order valence-electron chi connectivity index (χ0n) is 7.55. The molecule has 0 aromatic carbocycles. The van der Waals surface area contributed by atoms with Crippen molar-refractivity contribution in [2.75, 3.05) is 0 Å². The van der Waals surface area contributed by atoms with Gasteiger partial charge in [0.25, 0.3) is 0 Å². The van der Waals surface area contributed by atoms with E-state index in [0.717, 1.165) is 5.70 Å². The van der Waals surface area contributed by atoms with E-state index in [-0.39, 0.29) is 10.3 Å². The minimum absolute atomic E-state index is 0.221. The fourth-order valence-electron chi connectivity index (χ4n) is 2.15. The number of rotatable bonds is 0. The molecule has 2 nitrogen and oxygen atoms in total. The second-order valence-corrected chi connectivity index (χ2v) is 4.73. The van der Waals surface area contributed by atoms with Crippen molar-refractivity contribution < 1.29 is 0 Å². The Hall–Kier alpha value is -1.22. The Labute approximate surface area is 87.0 Å². The first kappa shape index (κ1) is 8.12. The molecule has 3 aliphatic rings. The highest BCUT2D eigenvalue weighted by Crippen LogP contribution is 2.57. The quantitative estimate of drug-likeness (QED) is 0.652. The summed E-state index contributed by atoms with van der Waals surface area (Å²) in [5.74, 6) is 0. The van der Waals surface area contributed by atoms with Gasteiger partial charge in [0.15, 0.2) is 0 Å². The molecule has 2 aliphatic heterocycles. The SMILES string of the molecule is NC1=CC=NC23C=CC=CC12C=CS3. The van der Waals surface area contributed by atoms with Crippen molar-refractivity contribution >= 4 is 18.0 Å². The molecule has 1 aliphatic carbocycles. The number of nitrogens with two attached hydrogens (primary N) is 1. The van der Waals surface area contributed by atoms with Crippen LogP contribution >= 0.6 is 11.8 Å². The van der Waals surface area contributed by atoms with Crippen LogP contribution in [0.1, 0.15) is 0 Å². The predicted molar refractivity (Wildman–Crippen MR) is 60.9 cm³/mol. The number of allylic oxidation sites excluding steroid dienone is 3. The normalized spacial score (nSPS) is 42.1. The van der Waals surface area contributed by atoms with Crippen molar-refractivity contribution in [3.05, 3.63) is 47.6 Å². The molecule has 0 saturated carbocycles. The Morgan fingerprint density at radius 1 is 1.21 bits per heavy atom. The summed E-state index contributed by atoms with van der Waals surface area (Å²) in [6, 6.07) is 0. The maximum Gasteiger partial charge on any atom is 0.146 e. The van der Waals surface area contributed by atoms with Gasteiger partial charge in [0.05, 0.1) is 5.41 Å². The zero-order chi connectivity index (χ0) is 9.65. The van der Waals surface area contributed by atoms with Gasteiger partial charge in [-0.1, -0.05) is 36.1 Å². The summed E-state index contributed by atoms with van der Waals surface area (Å²) in [4.78, 5) is 4.32. The summed E-state index contributed by atoms with van der Waals surface area (Å²) < 4.78 is 0. The molecular formula is C11H10N2S. The third-order valence-electron chi connectivity index (χ3n) is 2.96. The lowest BCUT2D eigenvalue weighted by Crippen LogP contribution is -2.44. The monoisotopic (exact) mass is 202 g/mol. The van der Waals surface area contributed by atoms with Crippen LogP contribution in [0.25, 0.3) is 0 Å². The lowest BCUT2D eigenvalue weighted by Gasteiger charge is -2.41. The van der Waals surface area contributed by atoms with Crippen LogP contribution in [0.3, 0.4) is 0 Å². The number of thioether (sulfide) groups is 1. The van der Waals surface area contributed by atoms with Gasteiger partial charge in [0.1, 0.15) is 4.87 Å². The molecule has 3 heteroatoms. The molecule has 70 valence electrons. The van der Waals surface area contributed by atoms with Gasteiger partial charge in [-0.3, -0.25) is 4.99 Å². The van der Waals surface area contributed by atoms with Crippen molar-refractivity contribution in [2.45, 2.75) is 4.87 Å². The Morgan fingerprint density at radius 3 is 2.93 bits per heavy atom. The molecule has 0 spiro atoms. The largest absolute Gasteiger partial charge is 0.401 e. The number of nitrogens with zero attached hydrogens (tertiary/aromatic N) is 1. The molecule has 14 heavy (non-hydrogen) atoms. The van der Waals surface area contributed by atoms with Gasteiger partial charge < -0.3 is 5.73 Å². The summed E-state index contributed by atoms with van der Waals surface area (Å²) in [7, 11) is 0. The van der Waals surface area contributed by atoms with Crippen molar-refractivity contribution in [1.29, 1.82) is 0 Å². The van der Waals surface area contributed by atoms with E-state index >= 15 is 0 Å². The summed E-state index contributed by atoms with van der Waals surface area (Å²) in [6.07, 6.45) is 14.2. The van der Waals surface area contributed by atoms with E-state index < -0.39 is 0 Å². The molecule has 2 heterocycles. The van der Waals surface area contributed by atoms with Crippen LogP contribution in [0.5, 0.6) is 0 Å². The van der Waals surface area contributed by atoms with Crippen molar-refractivity contribution in [1.82, 2.24) is 0 Å². The smallest absolute Gasteiger partial charge is 0.146 e. The van der Waals surface area contributed by atoms with E-state index in [9.17, 15) is 0 Å². The maximum absolute atomic E-state index is 6.08. The fraction of sp³-hybridized carbons (Fsp3) is 0.182. The Balaban J connectivity index is 2.28.